The van der Waals surface area contributed by atoms with Crippen molar-refractivity contribution < 1.29 is 9.53 Å². The Labute approximate surface area is 176 Å². The van der Waals surface area contributed by atoms with Gasteiger partial charge in [0.15, 0.2) is 5.82 Å². The molecule has 1 aromatic heterocycles. The number of hydrogen-bond donors (Lipinski definition) is 2. The lowest BCUT2D eigenvalue weighted by Gasteiger charge is -2.28. The SMILES string of the molecule is CCc1ccccc1NC(=O)NCc1nc(N2CCCC2)nc(N2CCOCC2)n1. The van der Waals surface area contributed by atoms with Crippen LogP contribution in [-0.4, -0.2) is 60.4 Å². The van der Waals surface area contributed by atoms with Gasteiger partial charge in [-0.25, -0.2) is 4.79 Å². The molecule has 0 aliphatic carbocycles. The van der Waals surface area contributed by atoms with E-state index < -0.39 is 0 Å². The van der Waals surface area contributed by atoms with Crippen LogP contribution in [0, 0.1) is 0 Å². The first-order valence-corrected chi connectivity index (χ1v) is 10.7. The molecule has 3 heterocycles. The lowest BCUT2D eigenvalue weighted by Crippen LogP contribution is -2.38. The molecular formula is C21H29N7O2. The fourth-order valence-corrected chi connectivity index (χ4v) is 3.71. The number of ether oxygens (including phenoxy) is 1. The van der Waals surface area contributed by atoms with Gasteiger partial charge in [0, 0.05) is 31.9 Å². The summed E-state index contributed by atoms with van der Waals surface area (Å²) in [6.07, 6.45) is 3.14. The zero-order valence-electron chi connectivity index (χ0n) is 17.4. The fourth-order valence-electron chi connectivity index (χ4n) is 3.71. The molecule has 2 saturated heterocycles. The predicted octanol–water partition coefficient (Wildman–Crippen LogP) is 2.19. The zero-order valence-corrected chi connectivity index (χ0v) is 17.4. The highest BCUT2D eigenvalue weighted by molar-refractivity contribution is 5.90. The average Bonchev–Trinajstić information content (AvgIpc) is 3.34. The van der Waals surface area contributed by atoms with Crippen molar-refractivity contribution in [2.45, 2.75) is 32.7 Å². The molecule has 1 aromatic carbocycles. The third-order valence-electron chi connectivity index (χ3n) is 5.39. The zero-order chi connectivity index (χ0) is 20.8. The van der Waals surface area contributed by atoms with Crippen molar-refractivity contribution in [2.75, 3.05) is 54.5 Å². The van der Waals surface area contributed by atoms with Crippen molar-refractivity contribution in [2.24, 2.45) is 0 Å². The summed E-state index contributed by atoms with van der Waals surface area (Å²) in [5, 5.41) is 5.80. The molecule has 2 aliphatic rings. The van der Waals surface area contributed by atoms with Gasteiger partial charge in [-0.15, -0.1) is 0 Å². The Hall–Kier alpha value is -2.94. The van der Waals surface area contributed by atoms with E-state index in [0.29, 0.717) is 30.9 Å². The van der Waals surface area contributed by atoms with Crippen LogP contribution in [-0.2, 0) is 17.7 Å². The number of para-hydroxylation sites is 1. The summed E-state index contributed by atoms with van der Waals surface area (Å²) < 4.78 is 5.45. The number of anilines is 3. The second-order valence-corrected chi connectivity index (χ2v) is 7.46. The Balaban J connectivity index is 1.46. The maximum Gasteiger partial charge on any atom is 0.319 e. The van der Waals surface area contributed by atoms with E-state index in [1.54, 1.807) is 0 Å². The standard InChI is InChI=1S/C21H29N7O2/c1-2-16-7-3-4-8-17(16)23-21(29)22-15-18-24-19(27-9-5-6-10-27)26-20(25-18)28-11-13-30-14-12-28/h3-4,7-8H,2,5-6,9-15H2,1H3,(H2,22,23,29). The van der Waals surface area contributed by atoms with Gasteiger partial charge in [-0.05, 0) is 30.9 Å². The van der Waals surface area contributed by atoms with Crippen LogP contribution < -0.4 is 20.4 Å². The molecule has 2 amide bonds. The summed E-state index contributed by atoms with van der Waals surface area (Å²) in [6, 6.07) is 7.53. The van der Waals surface area contributed by atoms with Crippen molar-refractivity contribution in [3.05, 3.63) is 35.7 Å². The molecule has 0 saturated carbocycles. The number of aromatic nitrogens is 3. The smallest absolute Gasteiger partial charge is 0.319 e. The highest BCUT2D eigenvalue weighted by Crippen LogP contribution is 2.20. The van der Waals surface area contributed by atoms with Gasteiger partial charge in [0.25, 0.3) is 0 Å². The molecule has 9 heteroatoms. The van der Waals surface area contributed by atoms with Gasteiger partial charge >= 0.3 is 6.03 Å². The summed E-state index contributed by atoms with van der Waals surface area (Å²) in [6.45, 7) is 7.04. The highest BCUT2D eigenvalue weighted by atomic mass is 16.5. The molecule has 0 spiro atoms. The van der Waals surface area contributed by atoms with Gasteiger partial charge in [-0.1, -0.05) is 25.1 Å². The van der Waals surface area contributed by atoms with Crippen LogP contribution in [0.25, 0.3) is 0 Å². The Morgan fingerprint density at radius 1 is 1.00 bits per heavy atom. The van der Waals surface area contributed by atoms with Crippen LogP contribution in [0.2, 0.25) is 0 Å². The van der Waals surface area contributed by atoms with Crippen LogP contribution in [0.15, 0.2) is 24.3 Å². The second kappa shape index (κ2) is 9.71. The van der Waals surface area contributed by atoms with Gasteiger partial charge in [-0.3, -0.25) is 0 Å². The largest absolute Gasteiger partial charge is 0.378 e. The molecule has 0 radical (unpaired) electrons. The first-order chi connectivity index (χ1) is 14.7. The molecular weight excluding hydrogens is 382 g/mol. The van der Waals surface area contributed by atoms with Crippen molar-refractivity contribution in [3.8, 4) is 0 Å². The Morgan fingerprint density at radius 2 is 1.67 bits per heavy atom. The summed E-state index contributed by atoms with van der Waals surface area (Å²) in [5.74, 6) is 1.91. The highest BCUT2D eigenvalue weighted by Gasteiger charge is 2.21. The van der Waals surface area contributed by atoms with Crippen molar-refractivity contribution in [1.29, 1.82) is 0 Å². The van der Waals surface area contributed by atoms with Crippen LogP contribution in [0.4, 0.5) is 22.4 Å². The van der Waals surface area contributed by atoms with E-state index in [1.165, 1.54) is 0 Å². The van der Waals surface area contributed by atoms with E-state index in [4.69, 9.17) is 9.72 Å². The monoisotopic (exact) mass is 411 g/mol. The minimum atomic E-state index is -0.271. The van der Waals surface area contributed by atoms with E-state index in [1.807, 2.05) is 24.3 Å². The van der Waals surface area contributed by atoms with Gasteiger partial charge in [0.1, 0.15) is 0 Å². The van der Waals surface area contributed by atoms with Crippen molar-refractivity contribution in [1.82, 2.24) is 20.3 Å². The van der Waals surface area contributed by atoms with E-state index in [0.717, 1.165) is 56.7 Å². The third kappa shape index (κ3) is 4.96. The minimum Gasteiger partial charge on any atom is -0.378 e. The van der Waals surface area contributed by atoms with Gasteiger partial charge in [0.2, 0.25) is 11.9 Å². The Kier molecular flexibility index (Phi) is 6.58. The number of nitrogens with zero attached hydrogens (tertiary/aromatic N) is 5. The molecule has 4 rings (SSSR count). The fraction of sp³-hybridized carbons (Fsp3) is 0.524. The number of urea groups is 1. The Morgan fingerprint density at radius 3 is 2.37 bits per heavy atom. The number of carbonyl (C=O) groups is 1. The average molecular weight is 412 g/mol. The molecule has 0 unspecified atom stereocenters. The van der Waals surface area contributed by atoms with E-state index in [2.05, 4.69) is 37.3 Å². The van der Waals surface area contributed by atoms with E-state index in [9.17, 15) is 4.79 Å². The topological polar surface area (TPSA) is 95.5 Å². The summed E-state index contributed by atoms with van der Waals surface area (Å²) in [4.78, 5) is 30.7. The molecule has 2 aliphatic heterocycles. The lowest BCUT2D eigenvalue weighted by atomic mass is 10.1. The third-order valence-corrected chi connectivity index (χ3v) is 5.39. The molecule has 9 nitrogen and oxygen atoms in total. The number of carbonyl (C=O) groups excluding carboxylic acids is 1. The molecule has 30 heavy (non-hydrogen) atoms. The molecule has 2 fully saturated rings. The predicted molar refractivity (Wildman–Crippen MR) is 116 cm³/mol. The van der Waals surface area contributed by atoms with Crippen LogP contribution in [0.3, 0.4) is 0 Å². The molecule has 2 N–H and O–H groups in total. The van der Waals surface area contributed by atoms with Gasteiger partial charge < -0.3 is 25.2 Å². The van der Waals surface area contributed by atoms with Crippen LogP contribution in [0.5, 0.6) is 0 Å². The van der Waals surface area contributed by atoms with Crippen LogP contribution in [0.1, 0.15) is 31.2 Å². The van der Waals surface area contributed by atoms with Crippen molar-refractivity contribution in [3.63, 3.8) is 0 Å². The summed E-state index contributed by atoms with van der Waals surface area (Å²) in [7, 11) is 0. The van der Waals surface area contributed by atoms with Gasteiger partial charge in [0.05, 0.1) is 19.8 Å². The summed E-state index contributed by atoms with van der Waals surface area (Å²) >= 11 is 0. The number of aryl methyl sites for hydroxylation is 1. The number of morpholine rings is 1. The number of rotatable bonds is 6. The van der Waals surface area contributed by atoms with E-state index >= 15 is 0 Å². The summed E-state index contributed by atoms with van der Waals surface area (Å²) in [5.41, 5.74) is 1.92. The minimum absolute atomic E-state index is 0.237. The lowest BCUT2D eigenvalue weighted by molar-refractivity contribution is 0.122. The second-order valence-electron chi connectivity index (χ2n) is 7.46. The number of amides is 2. The first-order valence-electron chi connectivity index (χ1n) is 10.7. The Bertz CT molecular complexity index is 864. The van der Waals surface area contributed by atoms with E-state index in [-0.39, 0.29) is 12.6 Å². The maximum absolute atomic E-state index is 12.5. The molecule has 2 aromatic rings. The maximum atomic E-state index is 12.5. The van der Waals surface area contributed by atoms with Gasteiger partial charge in [-0.2, -0.15) is 15.0 Å². The molecule has 160 valence electrons. The first kappa shape index (κ1) is 20.3. The number of benzene rings is 1. The number of hydrogen-bond acceptors (Lipinski definition) is 7. The molecule has 0 bridgehead atoms. The normalized spacial score (nSPS) is 16.6. The number of nitrogens with one attached hydrogen (secondary N) is 2. The quantitative estimate of drug-likeness (QED) is 0.752. The van der Waals surface area contributed by atoms with Crippen LogP contribution >= 0.6 is 0 Å². The van der Waals surface area contributed by atoms with Crippen molar-refractivity contribution >= 4 is 23.6 Å². The molecule has 0 atom stereocenters.